The fourth-order valence-corrected chi connectivity index (χ4v) is 2.10. The minimum Gasteiger partial charge on any atom is -0.348 e. The van der Waals surface area contributed by atoms with Crippen molar-refractivity contribution in [3.05, 3.63) is 74.8 Å². The highest BCUT2D eigenvalue weighted by Gasteiger charge is 2.29. The van der Waals surface area contributed by atoms with Crippen molar-refractivity contribution >= 4 is 11.6 Å². The lowest BCUT2D eigenvalue weighted by atomic mass is 10.1. The van der Waals surface area contributed by atoms with Gasteiger partial charge in [0, 0.05) is 23.7 Å². The fraction of sp³-hybridized carbons (Fsp3) is 0.188. The normalized spacial score (nSPS) is 11.2. The molecular formula is C16H13F3N2O3. The molecule has 0 saturated carbocycles. The van der Waals surface area contributed by atoms with Gasteiger partial charge in [0.25, 0.3) is 11.6 Å². The molecule has 2 aromatic carbocycles. The van der Waals surface area contributed by atoms with Crippen molar-refractivity contribution in [2.24, 2.45) is 0 Å². The third-order valence-corrected chi connectivity index (χ3v) is 3.39. The number of nitro benzene ring substituents is 1. The largest absolute Gasteiger partial charge is 0.416 e. The van der Waals surface area contributed by atoms with E-state index in [1.807, 2.05) is 0 Å². The molecule has 0 fully saturated rings. The van der Waals surface area contributed by atoms with Crippen LogP contribution < -0.4 is 5.32 Å². The van der Waals surface area contributed by atoms with Gasteiger partial charge in [0.2, 0.25) is 0 Å². The van der Waals surface area contributed by atoms with Gasteiger partial charge in [0.15, 0.2) is 0 Å². The fourth-order valence-electron chi connectivity index (χ4n) is 2.10. The van der Waals surface area contributed by atoms with Gasteiger partial charge in [-0.05, 0) is 36.8 Å². The number of benzene rings is 2. The third kappa shape index (κ3) is 4.09. The first-order valence-corrected chi connectivity index (χ1v) is 6.88. The van der Waals surface area contributed by atoms with Crippen LogP contribution in [0.2, 0.25) is 0 Å². The van der Waals surface area contributed by atoms with Crippen molar-refractivity contribution in [2.75, 3.05) is 0 Å². The molecule has 1 amide bonds. The maximum atomic E-state index is 12.5. The SMILES string of the molecule is Cc1cc(C(=O)NCc2ccc(C(F)(F)F)cc2)ccc1[N+](=O)[O-]. The van der Waals surface area contributed by atoms with Crippen LogP contribution >= 0.6 is 0 Å². The van der Waals surface area contributed by atoms with Crippen molar-refractivity contribution in [1.29, 1.82) is 0 Å². The zero-order valence-electron chi connectivity index (χ0n) is 12.6. The van der Waals surface area contributed by atoms with Gasteiger partial charge in [-0.15, -0.1) is 0 Å². The number of rotatable bonds is 4. The zero-order valence-corrected chi connectivity index (χ0v) is 12.6. The molecule has 8 heteroatoms. The second-order valence-electron chi connectivity index (χ2n) is 5.14. The van der Waals surface area contributed by atoms with E-state index in [1.54, 1.807) is 0 Å². The number of carbonyl (C=O) groups excluding carboxylic acids is 1. The Bertz CT molecular complexity index is 771. The van der Waals surface area contributed by atoms with E-state index in [9.17, 15) is 28.1 Å². The van der Waals surface area contributed by atoms with Crippen molar-refractivity contribution < 1.29 is 22.9 Å². The molecule has 0 unspecified atom stereocenters. The minimum atomic E-state index is -4.40. The van der Waals surface area contributed by atoms with E-state index in [0.29, 0.717) is 11.1 Å². The van der Waals surface area contributed by atoms with Gasteiger partial charge in [-0.3, -0.25) is 14.9 Å². The second-order valence-corrected chi connectivity index (χ2v) is 5.14. The lowest BCUT2D eigenvalue weighted by molar-refractivity contribution is -0.385. The monoisotopic (exact) mass is 338 g/mol. The smallest absolute Gasteiger partial charge is 0.348 e. The first-order chi connectivity index (χ1) is 11.2. The van der Waals surface area contributed by atoms with E-state index < -0.39 is 22.6 Å². The summed E-state index contributed by atoms with van der Waals surface area (Å²) in [6.07, 6.45) is -4.40. The summed E-state index contributed by atoms with van der Waals surface area (Å²) in [7, 11) is 0. The third-order valence-electron chi connectivity index (χ3n) is 3.39. The van der Waals surface area contributed by atoms with Gasteiger partial charge < -0.3 is 5.32 Å². The first kappa shape index (κ1) is 17.5. The molecule has 0 radical (unpaired) electrons. The Hall–Kier alpha value is -2.90. The average molecular weight is 338 g/mol. The number of alkyl halides is 3. The van der Waals surface area contributed by atoms with E-state index in [2.05, 4.69) is 5.32 Å². The average Bonchev–Trinajstić information content (AvgIpc) is 2.51. The standard InChI is InChI=1S/C16H13F3N2O3/c1-10-8-12(4-7-14(10)21(23)24)15(22)20-9-11-2-5-13(6-3-11)16(17,18)19/h2-8H,9H2,1H3,(H,20,22). The molecule has 0 aromatic heterocycles. The summed E-state index contributed by atoms with van der Waals surface area (Å²) in [6, 6.07) is 8.40. The van der Waals surface area contributed by atoms with Crippen molar-refractivity contribution in [3.8, 4) is 0 Å². The highest BCUT2D eigenvalue weighted by atomic mass is 19.4. The Kier molecular flexibility index (Phi) is 4.87. The number of aryl methyl sites for hydroxylation is 1. The lowest BCUT2D eigenvalue weighted by Gasteiger charge is -2.09. The maximum Gasteiger partial charge on any atom is 0.416 e. The van der Waals surface area contributed by atoms with Crippen LogP contribution in [0.1, 0.15) is 27.0 Å². The van der Waals surface area contributed by atoms with Gasteiger partial charge in [0.05, 0.1) is 10.5 Å². The molecule has 5 nitrogen and oxygen atoms in total. The number of hydrogen-bond acceptors (Lipinski definition) is 3. The van der Waals surface area contributed by atoms with Gasteiger partial charge in [-0.1, -0.05) is 12.1 Å². The molecule has 1 N–H and O–H groups in total. The second kappa shape index (κ2) is 6.69. The highest BCUT2D eigenvalue weighted by Crippen LogP contribution is 2.29. The van der Waals surface area contributed by atoms with Crippen LogP contribution in [0.4, 0.5) is 18.9 Å². The molecule has 2 aromatic rings. The van der Waals surface area contributed by atoms with Gasteiger partial charge >= 0.3 is 6.18 Å². The van der Waals surface area contributed by atoms with Crippen molar-refractivity contribution in [1.82, 2.24) is 5.32 Å². The summed E-state index contributed by atoms with van der Waals surface area (Å²) < 4.78 is 37.4. The number of hydrogen-bond donors (Lipinski definition) is 1. The topological polar surface area (TPSA) is 72.2 Å². The van der Waals surface area contributed by atoms with Crippen molar-refractivity contribution in [3.63, 3.8) is 0 Å². The number of nitrogens with one attached hydrogen (secondary N) is 1. The number of carbonyl (C=O) groups is 1. The molecule has 0 spiro atoms. The van der Waals surface area contributed by atoms with Crippen LogP contribution in [0.5, 0.6) is 0 Å². The molecule has 2 rings (SSSR count). The van der Waals surface area contributed by atoms with E-state index in [4.69, 9.17) is 0 Å². The van der Waals surface area contributed by atoms with Crippen LogP contribution in [0.25, 0.3) is 0 Å². The Morgan fingerprint density at radius 1 is 1.17 bits per heavy atom. The van der Waals surface area contributed by atoms with E-state index in [1.165, 1.54) is 37.3 Å². The molecule has 0 atom stereocenters. The Balaban J connectivity index is 2.03. The van der Waals surface area contributed by atoms with Crippen LogP contribution in [-0.2, 0) is 12.7 Å². The summed E-state index contributed by atoms with van der Waals surface area (Å²) in [5.41, 5.74) is 0.250. The Labute approximate surface area is 135 Å². The van der Waals surface area contributed by atoms with Gasteiger partial charge in [0.1, 0.15) is 0 Å². The summed E-state index contributed by atoms with van der Waals surface area (Å²) in [4.78, 5) is 22.2. The van der Waals surface area contributed by atoms with Crippen LogP contribution in [-0.4, -0.2) is 10.8 Å². The first-order valence-electron chi connectivity index (χ1n) is 6.88. The van der Waals surface area contributed by atoms with Crippen LogP contribution in [0, 0.1) is 17.0 Å². The molecule has 24 heavy (non-hydrogen) atoms. The molecule has 0 aliphatic rings. The number of nitro groups is 1. The Morgan fingerprint density at radius 2 is 1.79 bits per heavy atom. The Morgan fingerprint density at radius 3 is 2.29 bits per heavy atom. The molecule has 0 saturated heterocycles. The molecule has 0 aliphatic heterocycles. The molecule has 0 aliphatic carbocycles. The summed E-state index contributed by atoms with van der Waals surface area (Å²) in [5, 5.41) is 13.3. The van der Waals surface area contributed by atoms with Crippen LogP contribution in [0.15, 0.2) is 42.5 Å². The zero-order chi connectivity index (χ0) is 17.9. The number of halogens is 3. The number of nitrogens with zero attached hydrogens (tertiary/aromatic N) is 1. The molecule has 126 valence electrons. The summed E-state index contributed by atoms with van der Waals surface area (Å²) in [6.45, 7) is 1.57. The lowest BCUT2D eigenvalue weighted by Crippen LogP contribution is -2.23. The van der Waals surface area contributed by atoms with Crippen LogP contribution in [0.3, 0.4) is 0 Å². The summed E-state index contributed by atoms with van der Waals surface area (Å²) in [5.74, 6) is -0.465. The predicted molar refractivity (Wildman–Crippen MR) is 80.4 cm³/mol. The molecular weight excluding hydrogens is 325 g/mol. The maximum absolute atomic E-state index is 12.5. The van der Waals surface area contributed by atoms with E-state index >= 15 is 0 Å². The van der Waals surface area contributed by atoms with E-state index in [-0.39, 0.29) is 17.8 Å². The quantitative estimate of drug-likeness (QED) is 0.680. The van der Waals surface area contributed by atoms with Gasteiger partial charge in [-0.25, -0.2) is 0 Å². The predicted octanol–water partition coefficient (Wildman–Crippen LogP) is 3.85. The van der Waals surface area contributed by atoms with E-state index in [0.717, 1.165) is 12.1 Å². The molecule has 0 heterocycles. The highest BCUT2D eigenvalue weighted by molar-refractivity contribution is 5.94. The number of amides is 1. The molecule has 0 bridgehead atoms. The minimum absolute atomic E-state index is 0.0486. The summed E-state index contributed by atoms with van der Waals surface area (Å²) >= 11 is 0. The van der Waals surface area contributed by atoms with Gasteiger partial charge in [-0.2, -0.15) is 13.2 Å². The van der Waals surface area contributed by atoms with Crippen molar-refractivity contribution in [2.45, 2.75) is 19.6 Å².